The van der Waals surface area contributed by atoms with Gasteiger partial charge >= 0.3 is 0 Å². The third-order valence-electron chi connectivity index (χ3n) is 3.92. The summed E-state index contributed by atoms with van der Waals surface area (Å²) in [6.45, 7) is 5.41. The van der Waals surface area contributed by atoms with E-state index in [0.29, 0.717) is 6.04 Å². The number of fused-ring (bicyclic) bond motifs is 1. The molecule has 1 aliphatic heterocycles. The fourth-order valence-corrected chi connectivity index (χ4v) is 2.77. The van der Waals surface area contributed by atoms with Gasteiger partial charge in [-0.05, 0) is 36.4 Å². The molecule has 1 unspecified atom stereocenters. The van der Waals surface area contributed by atoms with Gasteiger partial charge in [0.1, 0.15) is 0 Å². The maximum Gasteiger partial charge on any atom is 0.0470 e. The van der Waals surface area contributed by atoms with Gasteiger partial charge in [0.15, 0.2) is 0 Å². The molecule has 0 bridgehead atoms. The van der Waals surface area contributed by atoms with Crippen LogP contribution in [0.3, 0.4) is 0 Å². The second-order valence-corrected chi connectivity index (χ2v) is 5.31. The Kier molecular flexibility index (Phi) is 3.06. The van der Waals surface area contributed by atoms with Gasteiger partial charge in [-0.2, -0.15) is 0 Å². The molecule has 0 saturated carbocycles. The zero-order chi connectivity index (χ0) is 12.5. The first-order valence-corrected chi connectivity index (χ1v) is 6.65. The van der Waals surface area contributed by atoms with Crippen LogP contribution in [0.25, 0.3) is 10.8 Å². The summed E-state index contributed by atoms with van der Waals surface area (Å²) in [4.78, 5) is 2.44. The van der Waals surface area contributed by atoms with Gasteiger partial charge in [0.25, 0.3) is 0 Å². The number of likely N-dealkylation sites (N-methyl/N-ethyl adjacent to an activating group) is 1. The highest BCUT2D eigenvalue weighted by molar-refractivity contribution is 5.83. The van der Waals surface area contributed by atoms with Gasteiger partial charge in [-0.1, -0.05) is 35.9 Å². The van der Waals surface area contributed by atoms with Gasteiger partial charge in [0.05, 0.1) is 0 Å². The number of hydrogen-bond acceptors (Lipinski definition) is 2. The smallest absolute Gasteiger partial charge is 0.0470 e. The highest BCUT2D eigenvalue weighted by Gasteiger charge is 2.20. The van der Waals surface area contributed by atoms with Crippen molar-refractivity contribution in [3.8, 4) is 0 Å². The molecule has 3 rings (SSSR count). The highest BCUT2D eigenvalue weighted by atomic mass is 15.2. The molecular formula is C16H20N2. The van der Waals surface area contributed by atoms with Crippen LogP contribution in [0.15, 0.2) is 36.4 Å². The molecule has 0 radical (unpaired) electrons. The van der Waals surface area contributed by atoms with Gasteiger partial charge in [-0.25, -0.2) is 0 Å². The molecule has 0 aliphatic carbocycles. The maximum atomic E-state index is 3.48. The first-order valence-electron chi connectivity index (χ1n) is 6.65. The first-order chi connectivity index (χ1) is 8.74. The molecule has 2 nitrogen and oxygen atoms in total. The highest BCUT2D eigenvalue weighted by Crippen LogP contribution is 2.25. The van der Waals surface area contributed by atoms with Crippen LogP contribution < -0.4 is 5.32 Å². The molecule has 0 aromatic heterocycles. The standard InChI is InChI=1S/C16H20N2/c1-12-3-4-14-10-15(6-5-13(14)9-12)16-11-17-7-8-18(16)2/h3-6,9-10,16-17H,7-8,11H2,1-2H3. The number of rotatable bonds is 1. The molecule has 2 aromatic carbocycles. The van der Waals surface area contributed by atoms with Gasteiger partial charge in [-0.3, -0.25) is 4.90 Å². The molecule has 1 heterocycles. The number of nitrogens with zero attached hydrogens (tertiary/aromatic N) is 1. The Balaban J connectivity index is 1.99. The minimum absolute atomic E-state index is 0.504. The lowest BCUT2D eigenvalue weighted by Gasteiger charge is -2.33. The SMILES string of the molecule is Cc1ccc2cc(C3CNCCN3C)ccc2c1. The van der Waals surface area contributed by atoms with E-state index in [1.54, 1.807) is 0 Å². The number of piperazine rings is 1. The van der Waals surface area contributed by atoms with Crippen molar-refractivity contribution in [2.75, 3.05) is 26.7 Å². The minimum atomic E-state index is 0.504. The van der Waals surface area contributed by atoms with Crippen LogP contribution in [0.4, 0.5) is 0 Å². The summed E-state index contributed by atoms with van der Waals surface area (Å²) in [7, 11) is 2.21. The van der Waals surface area contributed by atoms with Crippen LogP contribution in [-0.4, -0.2) is 31.6 Å². The summed E-state index contributed by atoms with van der Waals surface area (Å²) < 4.78 is 0. The zero-order valence-electron chi connectivity index (χ0n) is 11.1. The molecule has 1 saturated heterocycles. The monoisotopic (exact) mass is 240 g/mol. The van der Waals surface area contributed by atoms with Crippen LogP contribution in [0.5, 0.6) is 0 Å². The number of nitrogens with one attached hydrogen (secondary N) is 1. The van der Waals surface area contributed by atoms with E-state index in [1.807, 2.05) is 0 Å². The van der Waals surface area contributed by atoms with Crippen molar-refractivity contribution in [2.45, 2.75) is 13.0 Å². The summed E-state index contributed by atoms with van der Waals surface area (Å²) >= 11 is 0. The summed E-state index contributed by atoms with van der Waals surface area (Å²) in [5.74, 6) is 0. The fraction of sp³-hybridized carbons (Fsp3) is 0.375. The van der Waals surface area contributed by atoms with E-state index < -0.39 is 0 Å². The van der Waals surface area contributed by atoms with Gasteiger partial charge < -0.3 is 5.32 Å². The summed E-state index contributed by atoms with van der Waals surface area (Å²) in [5, 5.41) is 6.16. The van der Waals surface area contributed by atoms with E-state index in [4.69, 9.17) is 0 Å². The fourth-order valence-electron chi connectivity index (χ4n) is 2.77. The van der Waals surface area contributed by atoms with Crippen molar-refractivity contribution in [1.29, 1.82) is 0 Å². The molecule has 1 atom stereocenters. The van der Waals surface area contributed by atoms with Crippen LogP contribution in [0.2, 0.25) is 0 Å². The Bertz CT molecular complexity index is 562. The Morgan fingerprint density at radius 2 is 1.89 bits per heavy atom. The van der Waals surface area contributed by atoms with Crippen molar-refractivity contribution in [3.63, 3.8) is 0 Å². The molecule has 94 valence electrons. The van der Waals surface area contributed by atoms with Crippen LogP contribution >= 0.6 is 0 Å². The largest absolute Gasteiger partial charge is 0.314 e. The van der Waals surface area contributed by atoms with Crippen LogP contribution in [0.1, 0.15) is 17.2 Å². The topological polar surface area (TPSA) is 15.3 Å². The summed E-state index contributed by atoms with van der Waals surface area (Å²) in [6.07, 6.45) is 0. The summed E-state index contributed by atoms with van der Waals surface area (Å²) in [5.41, 5.74) is 2.74. The minimum Gasteiger partial charge on any atom is -0.314 e. The quantitative estimate of drug-likeness (QED) is 0.824. The predicted octanol–water partition coefficient (Wildman–Crippen LogP) is 2.72. The molecule has 1 aliphatic rings. The number of benzene rings is 2. The summed E-state index contributed by atoms with van der Waals surface area (Å²) in [6, 6.07) is 14.0. The van der Waals surface area contributed by atoms with Crippen molar-refractivity contribution < 1.29 is 0 Å². The molecule has 0 spiro atoms. The second-order valence-electron chi connectivity index (χ2n) is 5.31. The Hall–Kier alpha value is -1.38. The van der Waals surface area contributed by atoms with E-state index in [1.165, 1.54) is 21.9 Å². The molecular weight excluding hydrogens is 220 g/mol. The van der Waals surface area contributed by atoms with Crippen molar-refractivity contribution in [3.05, 3.63) is 47.5 Å². The predicted molar refractivity (Wildman–Crippen MR) is 76.9 cm³/mol. The van der Waals surface area contributed by atoms with Gasteiger partial charge in [0, 0.05) is 25.7 Å². The molecule has 2 aromatic rings. The van der Waals surface area contributed by atoms with E-state index in [2.05, 4.69) is 60.6 Å². The van der Waals surface area contributed by atoms with E-state index in [9.17, 15) is 0 Å². The molecule has 1 N–H and O–H groups in total. The Morgan fingerprint density at radius 3 is 2.72 bits per heavy atom. The lowest BCUT2D eigenvalue weighted by molar-refractivity contribution is 0.202. The van der Waals surface area contributed by atoms with Crippen LogP contribution in [0, 0.1) is 6.92 Å². The third kappa shape index (κ3) is 2.14. The van der Waals surface area contributed by atoms with Gasteiger partial charge in [0.2, 0.25) is 0 Å². The Labute approximate surface area is 109 Å². The van der Waals surface area contributed by atoms with Gasteiger partial charge in [-0.15, -0.1) is 0 Å². The normalized spacial score (nSPS) is 21.3. The van der Waals surface area contributed by atoms with E-state index in [0.717, 1.165) is 19.6 Å². The second kappa shape index (κ2) is 4.71. The Morgan fingerprint density at radius 1 is 1.11 bits per heavy atom. The molecule has 0 amide bonds. The lowest BCUT2D eigenvalue weighted by Crippen LogP contribution is -2.43. The molecule has 1 fully saturated rings. The lowest BCUT2D eigenvalue weighted by atomic mass is 9.99. The van der Waals surface area contributed by atoms with Crippen molar-refractivity contribution in [2.24, 2.45) is 0 Å². The molecule has 2 heteroatoms. The van der Waals surface area contributed by atoms with Crippen molar-refractivity contribution in [1.82, 2.24) is 10.2 Å². The number of aryl methyl sites for hydroxylation is 1. The maximum absolute atomic E-state index is 3.48. The zero-order valence-corrected chi connectivity index (χ0v) is 11.1. The van der Waals surface area contributed by atoms with E-state index in [-0.39, 0.29) is 0 Å². The van der Waals surface area contributed by atoms with Crippen molar-refractivity contribution >= 4 is 10.8 Å². The molecule has 18 heavy (non-hydrogen) atoms. The average Bonchev–Trinajstić information content (AvgIpc) is 2.39. The first kappa shape index (κ1) is 11.7. The van der Waals surface area contributed by atoms with Crippen LogP contribution in [-0.2, 0) is 0 Å². The average molecular weight is 240 g/mol. The third-order valence-corrected chi connectivity index (χ3v) is 3.92. The van der Waals surface area contributed by atoms with E-state index >= 15 is 0 Å². The number of hydrogen-bond donors (Lipinski definition) is 1.